The number of nitrogens with zero attached hydrogens (tertiary/aromatic N) is 1. The van der Waals surface area contributed by atoms with Crippen LogP contribution in [0.3, 0.4) is 0 Å². The summed E-state index contributed by atoms with van der Waals surface area (Å²) >= 11 is 0. The molecule has 0 bridgehead atoms. The Hall–Kier alpha value is -0.820. The molecule has 0 spiro atoms. The highest BCUT2D eigenvalue weighted by molar-refractivity contribution is 7.91. The Morgan fingerprint density at radius 3 is 2.88 bits per heavy atom. The molecule has 1 amide bonds. The monoisotopic (exact) mass is 262 g/mol. The van der Waals surface area contributed by atoms with Crippen LogP contribution in [0.15, 0.2) is 0 Å². The van der Waals surface area contributed by atoms with Crippen LogP contribution in [0.1, 0.15) is 12.8 Å². The third-order valence-corrected chi connectivity index (χ3v) is 5.25. The fourth-order valence-corrected chi connectivity index (χ4v) is 4.21. The van der Waals surface area contributed by atoms with Crippen LogP contribution in [0.4, 0.5) is 4.79 Å². The summed E-state index contributed by atoms with van der Waals surface area (Å²) in [5, 5.41) is 0. The molecule has 0 aromatic rings. The Morgan fingerprint density at radius 1 is 1.47 bits per heavy atom. The average Bonchev–Trinajstić information content (AvgIpc) is 2.59. The fourth-order valence-electron chi connectivity index (χ4n) is 2.45. The molecule has 0 radical (unpaired) electrons. The van der Waals surface area contributed by atoms with E-state index >= 15 is 0 Å². The van der Waals surface area contributed by atoms with Crippen LogP contribution in [-0.4, -0.2) is 56.7 Å². The standard InChI is InChI=1S/C10H18N2O4S/c11-4-9-6-16-10(13)12(9)5-8-2-1-3-17(14,15)7-8/h8-9H,1-7,11H2. The average molecular weight is 262 g/mol. The molecule has 98 valence electrons. The van der Waals surface area contributed by atoms with Crippen molar-refractivity contribution in [2.24, 2.45) is 11.7 Å². The minimum absolute atomic E-state index is 0.0217. The van der Waals surface area contributed by atoms with E-state index in [1.807, 2.05) is 0 Å². The van der Waals surface area contributed by atoms with Crippen molar-refractivity contribution in [3.8, 4) is 0 Å². The first-order chi connectivity index (χ1) is 8.02. The molecule has 6 nitrogen and oxygen atoms in total. The third-order valence-electron chi connectivity index (χ3n) is 3.36. The maximum atomic E-state index is 11.5. The number of ether oxygens (including phenoxy) is 1. The zero-order valence-corrected chi connectivity index (χ0v) is 10.5. The Balaban J connectivity index is 1.98. The number of cyclic esters (lactones) is 1. The van der Waals surface area contributed by atoms with Crippen LogP contribution in [0, 0.1) is 5.92 Å². The summed E-state index contributed by atoms with van der Waals surface area (Å²) in [5.41, 5.74) is 5.55. The van der Waals surface area contributed by atoms with Crippen molar-refractivity contribution in [2.75, 3.05) is 31.2 Å². The van der Waals surface area contributed by atoms with Gasteiger partial charge in [0.05, 0.1) is 17.5 Å². The molecule has 0 aromatic heterocycles. The largest absolute Gasteiger partial charge is 0.447 e. The van der Waals surface area contributed by atoms with E-state index in [0.29, 0.717) is 26.1 Å². The second kappa shape index (κ2) is 4.81. The number of nitrogens with two attached hydrogens (primary N) is 1. The van der Waals surface area contributed by atoms with Gasteiger partial charge in [0.25, 0.3) is 0 Å². The maximum Gasteiger partial charge on any atom is 0.410 e. The van der Waals surface area contributed by atoms with E-state index in [2.05, 4.69) is 0 Å². The molecule has 2 heterocycles. The van der Waals surface area contributed by atoms with Crippen molar-refractivity contribution in [3.63, 3.8) is 0 Å². The van der Waals surface area contributed by atoms with Crippen LogP contribution < -0.4 is 5.73 Å². The van der Waals surface area contributed by atoms with Gasteiger partial charge < -0.3 is 15.4 Å². The molecular weight excluding hydrogens is 244 g/mol. The number of rotatable bonds is 3. The van der Waals surface area contributed by atoms with Gasteiger partial charge in [0.15, 0.2) is 9.84 Å². The van der Waals surface area contributed by atoms with Gasteiger partial charge in [-0.1, -0.05) is 0 Å². The molecule has 2 saturated heterocycles. The van der Waals surface area contributed by atoms with Crippen LogP contribution in [0.2, 0.25) is 0 Å². The number of carbonyl (C=O) groups is 1. The number of sulfone groups is 1. The normalized spacial score (nSPS) is 32.5. The smallest absolute Gasteiger partial charge is 0.410 e. The van der Waals surface area contributed by atoms with Gasteiger partial charge in [-0.15, -0.1) is 0 Å². The summed E-state index contributed by atoms with van der Waals surface area (Å²) in [6.07, 6.45) is 1.16. The van der Waals surface area contributed by atoms with Crippen molar-refractivity contribution in [2.45, 2.75) is 18.9 Å². The van der Waals surface area contributed by atoms with Crippen molar-refractivity contribution >= 4 is 15.9 Å². The van der Waals surface area contributed by atoms with Gasteiger partial charge in [0, 0.05) is 13.1 Å². The molecule has 17 heavy (non-hydrogen) atoms. The highest BCUT2D eigenvalue weighted by Gasteiger charge is 2.35. The van der Waals surface area contributed by atoms with Crippen LogP contribution in [-0.2, 0) is 14.6 Å². The molecule has 2 aliphatic rings. The Kier molecular flexibility index (Phi) is 3.58. The first-order valence-electron chi connectivity index (χ1n) is 5.86. The van der Waals surface area contributed by atoms with Gasteiger partial charge >= 0.3 is 6.09 Å². The molecule has 0 aromatic carbocycles. The fraction of sp³-hybridized carbons (Fsp3) is 0.900. The molecule has 2 rings (SSSR count). The van der Waals surface area contributed by atoms with E-state index in [9.17, 15) is 13.2 Å². The maximum absolute atomic E-state index is 11.5. The third kappa shape index (κ3) is 2.90. The first-order valence-corrected chi connectivity index (χ1v) is 7.68. The van der Waals surface area contributed by atoms with Gasteiger partial charge in [-0.25, -0.2) is 13.2 Å². The molecule has 2 unspecified atom stereocenters. The second-order valence-corrected chi connectivity index (χ2v) is 6.97. The summed E-state index contributed by atoms with van der Waals surface area (Å²) in [5.74, 6) is 0.468. The lowest BCUT2D eigenvalue weighted by Crippen LogP contribution is -2.43. The van der Waals surface area contributed by atoms with Crippen molar-refractivity contribution < 1.29 is 17.9 Å². The zero-order valence-electron chi connectivity index (χ0n) is 9.67. The molecule has 2 aliphatic heterocycles. The highest BCUT2D eigenvalue weighted by atomic mass is 32.2. The molecule has 2 atom stereocenters. The van der Waals surface area contributed by atoms with E-state index < -0.39 is 9.84 Å². The lowest BCUT2D eigenvalue weighted by Gasteiger charge is -2.28. The topological polar surface area (TPSA) is 89.7 Å². The molecule has 2 N–H and O–H groups in total. The van der Waals surface area contributed by atoms with Gasteiger partial charge in [0.1, 0.15) is 6.61 Å². The van der Waals surface area contributed by atoms with Gasteiger partial charge in [-0.2, -0.15) is 0 Å². The molecule has 7 heteroatoms. The summed E-state index contributed by atoms with van der Waals surface area (Å²) in [4.78, 5) is 13.1. The predicted molar refractivity (Wildman–Crippen MR) is 62.3 cm³/mol. The van der Waals surface area contributed by atoms with E-state index in [4.69, 9.17) is 10.5 Å². The second-order valence-electron chi connectivity index (χ2n) is 4.74. The minimum atomic E-state index is -2.93. The lowest BCUT2D eigenvalue weighted by molar-refractivity contribution is 0.152. The summed E-state index contributed by atoms with van der Waals surface area (Å²) in [7, 11) is -2.93. The van der Waals surface area contributed by atoms with Gasteiger partial charge in [-0.3, -0.25) is 0 Å². The molecular formula is C10H18N2O4S. The zero-order chi connectivity index (χ0) is 12.5. The van der Waals surface area contributed by atoms with E-state index in [-0.39, 0.29) is 29.6 Å². The Bertz CT molecular complexity index is 395. The number of hydrogen-bond acceptors (Lipinski definition) is 5. The number of amides is 1. The molecule has 2 fully saturated rings. The Labute approximate surface area is 101 Å². The minimum Gasteiger partial charge on any atom is -0.447 e. The van der Waals surface area contributed by atoms with Gasteiger partial charge in [-0.05, 0) is 18.8 Å². The van der Waals surface area contributed by atoms with Crippen molar-refractivity contribution in [3.05, 3.63) is 0 Å². The Morgan fingerprint density at radius 2 is 2.24 bits per heavy atom. The molecule has 0 aliphatic carbocycles. The van der Waals surface area contributed by atoms with Gasteiger partial charge in [0.2, 0.25) is 0 Å². The van der Waals surface area contributed by atoms with Crippen LogP contribution in [0.25, 0.3) is 0 Å². The van der Waals surface area contributed by atoms with Crippen LogP contribution >= 0.6 is 0 Å². The van der Waals surface area contributed by atoms with E-state index in [1.54, 1.807) is 4.90 Å². The van der Waals surface area contributed by atoms with E-state index in [0.717, 1.165) is 6.42 Å². The lowest BCUT2D eigenvalue weighted by atomic mass is 10.0. The summed E-state index contributed by atoms with van der Waals surface area (Å²) < 4.78 is 27.9. The summed E-state index contributed by atoms with van der Waals surface area (Å²) in [6, 6.07) is -0.105. The number of carbonyl (C=O) groups excluding carboxylic acids is 1. The quantitative estimate of drug-likeness (QED) is 0.747. The SMILES string of the molecule is NCC1COC(=O)N1CC1CCCS(=O)(=O)C1. The van der Waals surface area contributed by atoms with Crippen LogP contribution in [0.5, 0.6) is 0 Å². The van der Waals surface area contributed by atoms with E-state index in [1.165, 1.54) is 0 Å². The van der Waals surface area contributed by atoms with Crippen molar-refractivity contribution in [1.82, 2.24) is 4.90 Å². The first kappa shape index (κ1) is 12.6. The highest BCUT2D eigenvalue weighted by Crippen LogP contribution is 2.22. The predicted octanol–water partition coefficient (Wildman–Crippen LogP) is -0.409. The summed E-state index contributed by atoms with van der Waals surface area (Å²) in [6.45, 7) is 1.11. The number of hydrogen-bond donors (Lipinski definition) is 1. The molecule has 0 saturated carbocycles. The van der Waals surface area contributed by atoms with Crippen molar-refractivity contribution in [1.29, 1.82) is 0 Å².